The Morgan fingerprint density at radius 3 is 2.85 bits per heavy atom. The van der Waals surface area contributed by atoms with Crippen LogP contribution < -0.4 is 15.0 Å². The Balaban J connectivity index is 1.25. The quantitative estimate of drug-likeness (QED) is 0.318. The number of phenolic OH excluding ortho intramolecular Hbond substituents is 1. The van der Waals surface area contributed by atoms with Crippen molar-refractivity contribution in [1.82, 2.24) is 25.1 Å². The van der Waals surface area contributed by atoms with Crippen LogP contribution in [0.15, 0.2) is 42.5 Å². The van der Waals surface area contributed by atoms with E-state index in [1.807, 2.05) is 7.05 Å². The van der Waals surface area contributed by atoms with Crippen LogP contribution in [0.25, 0.3) is 32.8 Å². The molecule has 4 aliphatic heterocycles. The van der Waals surface area contributed by atoms with Gasteiger partial charge in [0.05, 0.1) is 24.7 Å². The molecule has 3 atom stereocenters. The van der Waals surface area contributed by atoms with E-state index in [1.54, 1.807) is 29.2 Å². The molecule has 47 heavy (non-hydrogen) atoms. The van der Waals surface area contributed by atoms with E-state index in [1.165, 1.54) is 18.2 Å². The standard InChI is InChI=1S/C35H38F2N6O4/c1-41-17-22-18-42(12-10-38-22)33-26-7-6-25(27-15-23(44)14-21-4-2-5-28(36)30(21)27)31(37)32(26)39-34(40-33)47-20-35-9-3-11-43(35)19-24(16-35)46-13-8-29(41)45/h2,4-7,14-15,22,24,38,44H,3,8-13,16-20H2,1H3. The van der Waals surface area contributed by atoms with Gasteiger partial charge in [0, 0.05) is 62.1 Å². The number of aromatic hydroxyl groups is 1. The van der Waals surface area contributed by atoms with Gasteiger partial charge in [0.15, 0.2) is 5.82 Å². The summed E-state index contributed by atoms with van der Waals surface area (Å²) in [5, 5.41) is 15.2. The molecule has 2 N–H and O–H groups in total. The van der Waals surface area contributed by atoms with E-state index in [4.69, 9.17) is 14.5 Å². The minimum atomic E-state index is -0.649. The number of amides is 1. The maximum Gasteiger partial charge on any atom is 0.319 e. The zero-order valence-corrected chi connectivity index (χ0v) is 26.3. The molecule has 10 nitrogen and oxygen atoms in total. The molecule has 3 unspecified atom stereocenters. The third-order valence-corrected chi connectivity index (χ3v) is 10.4. The molecule has 8 rings (SSSR count). The summed E-state index contributed by atoms with van der Waals surface area (Å²) in [6.45, 7) is 4.69. The van der Waals surface area contributed by atoms with Crippen molar-refractivity contribution in [3.05, 3.63) is 54.1 Å². The minimum absolute atomic E-state index is 0.00901. The second kappa shape index (κ2) is 11.8. The summed E-state index contributed by atoms with van der Waals surface area (Å²) < 4.78 is 44.6. The lowest BCUT2D eigenvalue weighted by molar-refractivity contribution is -0.131. The first-order valence-corrected chi connectivity index (χ1v) is 16.4. The van der Waals surface area contributed by atoms with Crippen LogP contribution >= 0.6 is 0 Å². The van der Waals surface area contributed by atoms with E-state index < -0.39 is 11.6 Å². The molecule has 3 saturated heterocycles. The molecule has 5 heterocycles. The number of hydrogen-bond donors (Lipinski definition) is 2. The number of ether oxygens (including phenoxy) is 2. The van der Waals surface area contributed by atoms with Crippen LogP contribution in [0.4, 0.5) is 14.6 Å². The van der Waals surface area contributed by atoms with E-state index in [2.05, 4.69) is 20.1 Å². The van der Waals surface area contributed by atoms with Crippen LogP contribution in [0.3, 0.4) is 0 Å². The van der Waals surface area contributed by atoms with Crippen LogP contribution in [0, 0.1) is 11.6 Å². The molecular weight excluding hydrogens is 606 g/mol. The van der Waals surface area contributed by atoms with Crippen LogP contribution in [0.5, 0.6) is 11.8 Å². The number of piperazine rings is 1. The lowest BCUT2D eigenvalue weighted by Gasteiger charge is -2.37. The van der Waals surface area contributed by atoms with E-state index in [-0.39, 0.29) is 57.4 Å². The highest BCUT2D eigenvalue weighted by Crippen LogP contribution is 2.42. The van der Waals surface area contributed by atoms with Crippen molar-refractivity contribution in [3.8, 4) is 22.9 Å². The Labute approximate surface area is 271 Å². The number of fused-ring (bicyclic) bond motifs is 9. The Morgan fingerprint density at radius 2 is 1.96 bits per heavy atom. The van der Waals surface area contributed by atoms with E-state index in [0.717, 1.165) is 32.4 Å². The average Bonchev–Trinajstić information content (AvgIpc) is 3.60. The zero-order chi connectivity index (χ0) is 32.3. The van der Waals surface area contributed by atoms with Crippen LogP contribution in [-0.4, -0.2) is 108 Å². The first kappa shape index (κ1) is 30.2. The molecular formula is C35H38F2N6O4. The predicted molar refractivity (Wildman–Crippen MR) is 174 cm³/mol. The second-order valence-electron chi connectivity index (χ2n) is 13.4. The SMILES string of the molecule is CN1CC2CN(CCN2)c2nc(nc3c(F)c(-c4cc(O)cc5cccc(F)c45)ccc23)OCC23CCCN2CC(C3)OCCC1=O. The molecule has 3 fully saturated rings. The van der Waals surface area contributed by atoms with Crippen molar-refractivity contribution >= 4 is 33.4 Å². The van der Waals surface area contributed by atoms with Gasteiger partial charge in [-0.2, -0.15) is 9.97 Å². The number of likely N-dealkylation sites (N-methyl/N-ethyl adjacent to an activating group) is 1. The van der Waals surface area contributed by atoms with Gasteiger partial charge in [0.25, 0.3) is 0 Å². The fourth-order valence-corrected chi connectivity index (χ4v) is 8.07. The number of phenols is 1. The van der Waals surface area contributed by atoms with Gasteiger partial charge in [-0.1, -0.05) is 18.2 Å². The first-order valence-electron chi connectivity index (χ1n) is 16.4. The molecule has 3 aromatic carbocycles. The number of anilines is 1. The topological polar surface area (TPSA) is 103 Å². The number of nitrogens with one attached hydrogen (secondary N) is 1. The molecule has 1 spiro atoms. The van der Waals surface area contributed by atoms with Crippen molar-refractivity contribution in [2.45, 2.75) is 43.4 Å². The average molecular weight is 645 g/mol. The van der Waals surface area contributed by atoms with Crippen molar-refractivity contribution in [2.75, 3.05) is 64.4 Å². The van der Waals surface area contributed by atoms with Crippen LogP contribution in [-0.2, 0) is 9.53 Å². The molecule has 0 radical (unpaired) electrons. The summed E-state index contributed by atoms with van der Waals surface area (Å²) in [6, 6.07) is 10.8. The number of carbonyl (C=O) groups excluding carboxylic acids is 1. The monoisotopic (exact) mass is 644 g/mol. The molecule has 4 aromatic rings. The highest BCUT2D eigenvalue weighted by atomic mass is 19.1. The Bertz CT molecular complexity index is 1880. The minimum Gasteiger partial charge on any atom is -0.508 e. The number of carbonyl (C=O) groups is 1. The molecule has 1 amide bonds. The Kier molecular flexibility index (Phi) is 7.61. The van der Waals surface area contributed by atoms with E-state index in [0.29, 0.717) is 62.4 Å². The van der Waals surface area contributed by atoms with E-state index >= 15 is 8.78 Å². The summed E-state index contributed by atoms with van der Waals surface area (Å²) in [5.74, 6) is -0.680. The first-order chi connectivity index (χ1) is 22.8. The third kappa shape index (κ3) is 5.41. The van der Waals surface area contributed by atoms with Crippen molar-refractivity contribution in [1.29, 1.82) is 0 Å². The fourth-order valence-electron chi connectivity index (χ4n) is 8.07. The third-order valence-electron chi connectivity index (χ3n) is 10.4. The Morgan fingerprint density at radius 1 is 1.06 bits per heavy atom. The number of aromatic nitrogens is 2. The van der Waals surface area contributed by atoms with Crippen molar-refractivity contribution in [3.63, 3.8) is 0 Å². The van der Waals surface area contributed by atoms with Gasteiger partial charge in [-0.3, -0.25) is 9.69 Å². The summed E-state index contributed by atoms with van der Waals surface area (Å²) >= 11 is 0. The number of nitrogens with zero attached hydrogens (tertiary/aromatic N) is 5. The van der Waals surface area contributed by atoms with Gasteiger partial charge < -0.3 is 29.7 Å². The summed E-state index contributed by atoms with van der Waals surface area (Å²) in [5.41, 5.74) is 0.158. The number of halogens is 2. The Hall–Kier alpha value is -4.13. The normalized spacial score (nSPS) is 25.6. The molecule has 6 bridgehead atoms. The predicted octanol–water partition coefficient (Wildman–Crippen LogP) is 4.08. The fraction of sp³-hybridized carbons (Fsp3) is 0.457. The lowest BCUT2D eigenvalue weighted by atomic mass is 9.94. The van der Waals surface area contributed by atoms with Gasteiger partial charge >= 0.3 is 6.01 Å². The maximum absolute atomic E-state index is 16.8. The summed E-state index contributed by atoms with van der Waals surface area (Å²) in [7, 11) is 1.81. The molecule has 0 saturated carbocycles. The lowest BCUT2D eigenvalue weighted by Crippen LogP contribution is -2.55. The highest BCUT2D eigenvalue weighted by Gasteiger charge is 2.49. The van der Waals surface area contributed by atoms with Crippen molar-refractivity contribution < 1.29 is 28.2 Å². The molecule has 12 heteroatoms. The molecule has 1 aromatic heterocycles. The molecule has 4 aliphatic rings. The van der Waals surface area contributed by atoms with E-state index in [9.17, 15) is 9.90 Å². The van der Waals surface area contributed by atoms with Gasteiger partial charge in [-0.25, -0.2) is 8.78 Å². The second-order valence-corrected chi connectivity index (χ2v) is 13.4. The summed E-state index contributed by atoms with van der Waals surface area (Å²) in [4.78, 5) is 28.8. The number of benzene rings is 3. The number of hydrogen-bond acceptors (Lipinski definition) is 9. The van der Waals surface area contributed by atoms with Crippen LogP contribution in [0.2, 0.25) is 0 Å². The maximum atomic E-state index is 16.8. The van der Waals surface area contributed by atoms with Gasteiger partial charge in [-0.05, 0) is 61.0 Å². The largest absolute Gasteiger partial charge is 0.508 e. The smallest absolute Gasteiger partial charge is 0.319 e. The molecule has 246 valence electrons. The highest BCUT2D eigenvalue weighted by molar-refractivity contribution is 6.01. The zero-order valence-electron chi connectivity index (χ0n) is 26.3. The van der Waals surface area contributed by atoms with Gasteiger partial charge in [0.1, 0.15) is 29.5 Å². The van der Waals surface area contributed by atoms with Crippen molar-refractivity contribution in [2.24, 2.45) is 0 Å². The summed E-state index contributed by atoms with van der Waals surface area (Å²) in [6.07, 6.45) is 3.06. The van der Waals surface area contributed by atoms with Crippen LogP contribution in [0.1, 0.15) is 25.7 Å². The molecule has 0 aliphatic carbocycles. The van der Waals surface area contributed by atoms with Gasteiger partial charge in [-0.15, -0.1) is 0 Å². The van der Waals surface area contributed by atoms with Gasteiger partial charge in [0.2, 0.25) is 5.91 Å². The number of rotatable bonds is 1.